The van der Waals surface area contributed by atoms with Gasteiger partial charge in [-0.2, -0.15) is 0 Å². The maximum atomic E-state index is 12.6. The van der Waals surface area contributed by atoms with Gasteiger partial charge in [0.2, 0.25) is 0 Å². The van der Waals surface area contributed by atoms with E-state index in [1.165, 1.54) is 24.3 Å². The van der Waals surface area contributed by atoms with Crippen LogP contribution in [-0.2, 0) is 9.84 Å². The molecule has 2 aliphatic heterocycles. The van der Waals surface area contributed by atoms with Crippen LogP contribution in [0.4, 0.5) is 11.5 Å². The Morgan fingerprint density at radius 1 is 1.11 bits per heavy atom. The molecule has 0 spiro atoms. The van der Waals surface area contributed by atoms with E-state index in [4.69, 9.17) is 4.98 Å². The Labute approximate surface area is 217 Å². The molecule has 1 aromatic carbocycles. The van der Waals surface area contributed by atoms with Crippen LogP contribution in [0.1, 0.15) is 45.8 Å². The number of carbonyl (C=O) groups is 1. The van der Waals surface area contributed by atoms with Gasteiger partial charge >= 0.3 is 0 Å². The molecule has 1 N–H and O–H groups in total. The maximum absolute atomic E-state index is 12.6. The Kier molecular flexibility index (Phi) is 7.03. The molecule has 0 unspecified atom stereocenters. The summed E-state index contributed by atoms with van der Waals surface area (Å²) in [5, 5.41) is 7.29. The number of hydrogen-bond acceptors (Lipinski definition) is 8. The van der Waals surface area contributed by atoms with Gasteiger partial charge in [0.15, 0.2) is 0 Å². The van der Waals surface area contributed by atoms with Gasteiger partial charge in [-0.1, -0.05) is 6.07 Å². The van der Waals surface area contributed by atoms with Gasteiger partial charge in [0.1, 0.15) is 22.0 Å². The summed E-state index contributed by atoms with van der Waals surface area (Å²) < 4.78 is 23.0. The fourth-order valence-corrected chi connectivity index (χ4v) is 5.54. The number of aromatic nitrogens is 3. The molecule has 37 heavy (non-hydrogen) atoms. The second kappa shape index (κ2) is 10.4. The molecule has 4 heterocycles. The molecule has 1 radical (unpaired) electrons. The second-order valence-electron chi connectivity index (χ2n) is 9.64. The molecule has 0 saturated carbocycles. The number of nitrogens with one attached hydrogen (secondary N) is 1. The van der Waals surface area contributed by atoms with E-state index in [1.54, 1.807) is 18.5 Å². The first kappa shape index (κ1) is 25.0. The number of sulfone groups is 1. The molecule has 1 saturated heterocycles. The number of anilines is 2. The molecular weight excluding hydrogens is 488 g/mol. The summed E-state index contributed by atoms with van der Waals surface area (Å²) >= 11 is 0. The minimum absolute atomic E-state index is 0.207. The predicted molar refractivity (Wildman–Crippen MR) is 143 cm³/mol. The molecule has 1 amide bonds. The van der Waals surface area contributed by atoms with Crippen molar-refractivity contribution >= 4 is 33.3 Å². The van der Waals surface area contributed by atoms with Gasteiger partial charge in [0.25, 0.3) is 5.91 Å². The number of likely N-dealkylation sites (tertiary alicyclic amines) is 1. The minimum Gasteiger partial charge on any atom is -0.340 e. The monoisotopic (exact) mass is 517 g/mol. The topological polar surface area (TPSA) is 119 Å². The quantitative estimate of drug-likeness (QED) is 0.505. The van der Waals surface area contributed by atoms with Crippen LogP contribution in [0.3, 0.4) is 0 Å². The smallest absolute Gasteiger partial charge is 0.281 e. The van der Waals surface area contributed by atoms with E-state index in [0.717, 1.165) is 48.3 Å². The van der Waals surface area contributed by atoms with Crippen LogP contribution < -0.4 is 10.6 Å². The lowest BCUT2D eigenvalue weighted by Crippen LogP contribution is -2.36. The number of aryl methyl sites for hydroxylation is 1. The predicted octanol–water partition coefficient (Wildman–Crippen LogP) is 3.54. The van der Waals surface area contributed by atoms with E-state index in [1.807, 2.05) is 12.1 Å². The van der Waals surface area contributed by atoms with E-state index in [0.29, 0.717) is 29.5 Å². The molecule has 9 nitrogen and oxygen atoms in total. The molecular formula is C27H29N6O3S. The van der Waals surface area contributed by atoms with Crippen molar-refractivity contribution < 1.29 is 13.2 Å². The highest BCUT2D eigenvalue weighted by atomic mass is 32.2. The van der Waals surface area contributed by atoms with Crippen LogP contribution in [0.15, 0.2) is 49.2 Å². The van der Waals surface area contributed by atoms with Crippen LogP contribution in [0, 0.1) is 6.92 Å². The Morgan fingerprint density at radius 2 is 1.86 bits per heavy atom. The van der Waals surface area contributed by atoms with E-state index < -0.39 is 9.84 Å². The third-order valence-corrected chi connectivity index (χ3v) is 7.83. The Balaban J connectivity index is 1.35. The molecule has 2 aliphatic rings. The van der Waals surface area contributed by atoms with Gasteiger partial charge in [-0.05, 0) is 79.7 Å². The first-order chi connectivity index (χ1) is 17.8. The first-order valence-electron chi connectivity index (χ1n) is 12.3. The fraction of sp³-hybridized carbons (Fsp3) is 0.333. The third-order valence-electron chi connectivity index (χ3n) is 6.90. The molecule has 10 heteroatoms. The Morgan fingerprint density at radius 3 is 2.57 bits per heavy atom. The van der Waals surface area contributed by atoms with Gasteiger partial charge in [-0.25, -0.2) is 28.7 Å². The zero-order valence-corrected chi connectivity index (χ0v) is 21.7. The fourth-order valence-electron chi connectivity index (χ4n) is 4.95. The average molecular weight is 518 g/mol. The number of hydrogen-bond donors (Lipinski definition) is 1. The summed E-state index contributed by atoms with van der Waals surface area (Å²) in [7, 11) is -2.95. The van der Waals surface area contributed by atoms with Gasteiger partial charge < -0.3 is 10.2 Å². The van der Waals surface area contributed by atoms with E-state index >= 15 is 0 Å². The highest BCUT2D eigenvalue weighted by molar-refractivity contribution is 7.90. The number of piperidine rings is 1. The largest absolute Gasteiger partial charge is 0.340 e. The van der Waals surface area contributed by atoms with Crippen molar-refractivity contribution in [1.29, 1.82) is 0 Å². The summed E-state index contributed by atoms with van der Waals surface area (Å²) in [4.78, 5) is 27.8. The summed E-state index contributed by atoms with van der Waals surface area (Å²) in [6, 6.07) is 8.09. The number of nitrogens with zero attached hydrogens (tertiary/aromatic N) is 5. The molecule has 0 atom stereocenters. The lowest BCUT2D eigenvalue weighted by molar-refractivity contribution is 0.0965. The Hall–Kier alpha value is -3.63. The van der Waals surface area contributed by atoms with Crippen molar-refractivity contribution in [3.05, 3.63) is 71.4 Å². The molecule has 1 fully saturated rings. The zero-order valence-electron chi connectivity index (χ0n) is 20.9. The normalized spacial score (nSPS) is 16.3. The minimum atomic E-state index is -2.95. The average Bonchev–Trinajstić information content (AvgIpc) is 2.88. The highest BCUT2D eigenvalue weighted by Crippen LogP contribution is 2.34. The van der Waals surface area contributed by atoms with Gasteiger partial charge in [0.05, 0.1) is 17.0 Å². The summed E-state index contributed by atoms with van der Waals surface area (Å²) in [6.07, 6.45) is 11.4. The van der Waals surface area contributed by atoms with E-state index in [9.17, 15) is 13.2 Å². The highest BCUT2D eigenvalue weighted by Gasteiger charge is 2.24. The lowest BCUT2D eigenvalue weighted by atomic mass is 9.86. The van der Waals surface area contributed by atoms with E-state index in [-0.39, 0.29) is 11.7 Å². The van der Waals surface area contributed by atoms with Crippen LogP contribution in [0.25, 0.3) is 17.3 Å². The van der Waals surface area contributed by atoms with Crippen LogP contribution in [0.2, 0.25) is 0 Å². The number of pyridine rings is 1. The maximum Gasteiger partial charge on any atom is 0.281 e. The SMILES string of the molecule is Cc1cc(Nc2nc(-c3cncnc3)cc3c2C(=O)[N]C=C3)ccc1C1CCN(CCS(C)(=O)=O)CC1. The lowest BCUT2D eigenvalue weighted by Gasteiger charge is -2.32. The van der Waals surface area contributed by atoms with Crippen molar-refractivity contribution in [3.63, 3.8) is 0 Å². The molecule has 3 aromatic rings. The molecule has 191 valence electrons. The standard InChI is InChI=1S/C27H29N6O3S/c1-18-13-22(3-4-23(18)19-6-9-33(10-7-19)11-12-37(2,35)36)31-26-25-20(5-8-30-27(25)34)14-24(32-26)21-15-28-17-29-16-21/h3-5,8,13-17,19H,6-7,9-12H2,1-2H3,(H,31,32). The Bertz CT molecular complexity index is 1450. The molecule has 2 aromatic heterocycles. The van der Waals surface area contributed by atoms with Crippen molar-refractivity contribution in [2.75, 3.05) is 37.0 Å². The first-order valence-corrected chi connectivity index (χ1v) is 14.3. The van der Waals surface area contributed by atoms with Crippen molar-refractivity contribution in [2.45, 2.75) is 25.7 Å². The number of fused-ring (bicyclic) bond motifs is 1. The number of benzene rings is 1. The van der Waals surface area contributed by atoms with Crippen molar-refractivity contribution in [1.82, 2.24) is 25.2 Å². The van der Waals surface area contributed by atoms with E-state index in [2.05, 4.69) is 44.6 Å². The number of amides is 1. The molecule has 0 bridgehead atoms. The second-order valence-corrected chi connectivity index (χ2v) is 11.9. The van der Waals surface area contributed by atoms with Gasteiger partial charge in [-0.3, -0.25) is 4.79 Å². The van der Waals surface area contributed by atoms with Crippen LogP contribution in [-0.4, -0.2) is 65.8 Å². The van der Waals surface area contributed by atoms with Crippen LogP contribution in [0.5, 0.6) is 0 Å². The van der Waals surface area contributed by atoms with Gasteiger partial charge in [-0.15, -0.1) is 0 Å². The number of rotatable bonds is 7. The summed E-state index contributed by atoms with van der Waals surface area (Å²) in [5.41, 5.74) is 5.90. The van der Waals surface area contributed by atoms with Crippen molar-refractivity contribution in [3.8, 4) is 11.3 Å². The van der Waals surface area contributed by atoms with Gasteiger partial charge in [0, 0.05) is 42.6 Å². The van der Waals surface area contributed by atoms with Crippen molar-refractivity contribution in [2.24, 2.45) is 0 Å². The van der Waals surface area contributed by atoms with Crippen LogP contribution >= 0.6 is 0 Å². The summed E-state index contributed by atoms with van der Waals surface area (Å²) in [6.45, 7) is 4.48. The molecule has 5 rings (SSSR count). The summed E-state index contributed by atoms with van der Waals surface area (Å²) in [5.74, 6) is 0.750. The zero-order chi connectivity index (χ0) is 26.0. The molecule has 0 aliphatic carbocycles. The number of carbonyl (C=O) groups excluding carboxylic acids is 1. The third kappa shape index (κ3) is 5.86.